The first-order chi connectivity index (χ1) is 13.4. The van der Waals surface area contributed by atoms with Crippen LogP contribution >= 0.6 is 11.8 Å². The van der Waals surface area contributed by atoms with Crippen LogP contribution in [0.1, 0.15) is 24.8 Å². The molecule has 0 bridgehead atoms. The molecule has 0 spiro atoms. The van der Waals surface area contributed by atoms with Crippen molar-refractivity contribution in [3.63, 3.8) is 0 Å². The van der Waals surface area contributed by atoms with Crippen LogP contribution < -0.4 is 4.74 Å². The van der Waals surface area contributed by atoms with Gasteiger partial charge in [0.2, 0.25) is 9.84 Å². The van der Waals surface area contributed by atoms with Crippen LogP contribution in [-0.2, 0) is 9.84 Å². The van der Waals surface area contributed by atoms with E-state index in [-0.39, 0.29) is 10.8 Å². The van der Waals surface area contributed by atoms with E-state index in [9.17, 15) is 13.4 Å². The summed E-state index contributed by atoms with van der Waals surface area (Å²) >= 11 is 1.62. The van der Waals surface area contributed by atoms with Crippen LogP contribution in [0.3, 0.4) is 0 Å². The Balaban J connectivity index is 1.92. The van der Waals surface area contributed by atoms with Crippen LogP contribution in [0, 0.1) is 0 Å². The van der Waals surface area contributed by atoms with Crippen LogP contribution in [0.2, 0.25) is 6.82 Å². The van der Waals surface area contributed by atoms with Gasteiger partial charge in [0.15, 0.2) is 0 Å². The molecule has 3 rings (SSSR count). The van der Waals surface area contributed by atoms with E-state index in [1.165, 1.54) is 0 Å². The summed E-state index contributed by atoms with van der Waals surface area (Å²) in [5.74, 6) is 1.68. The van der Waals surface area contributed by atoms with E-state index in [0.717, 1.165) is 35.7 Å². The summed E-state index contributed by atoms with van der Waals surface area (Å²) in [7, 11) is -2.54. The molecule has 1 aliphatic heterocycles. The van der Waals surface area contributed by atoms with Crippen molar-refractivity contribution in [1.82, 2.24) is 4.81 Å². The molecule has 0 amide bonds. The molecule has 1 fully saturated rings. The van der Waals surface area contributed by atoms with Crippen molar-refractivity contribution in [3.05, 3.63) is 48.0 Å². The van der Waals surface area contributed by atoms with Gasteiger partial charge in [-0.25, -0.2) is 8.42 Å². The SMILES string of the molecule is CCSc1cccc(S(=O)(=O)c2ccc(C3CCN(B(C)O)C3)c(OC)c2)c1. The molecule has 0 saturated carbocycles. The van der Waals surface area contributed by atoms with E-state index >= 15 is 0 Å². The smallest absolute Gasteiger partial charge is 0.376 e. The maximum Gasteiger partial charge on any atom is 0.376 e. The van der Waals surface area contributed by atoms with Gasteiger partial charge in [-0.2, -0.15) is 0 Å². The molecule has 0 radical (unpaired) electrons. The summed E-state index contributed by atoms with van der Waals surface area (Å²) < 4.78 is 31.8. The number of ether oxygens (including phenoxy) is 1. The van der Waals surface area contributed by atoms with E-state index in [0.29, 0.717) is 10.6 Å². The third-order valence-electron chi connectivity index (χ3n) is 5.13. The maximum atomic E-state index is 13.1. The predicted octanol–water partition coefficient (Wildman–Crippen LogP) is 3.54. The van der Waals surface area contributed by atoms with Gasteiger partial charge in [-0.3, -0.25) is 0 Å². The quantitative estimate of drug-likeness (QED) is 0.547. The second kappa shape index (κ2) is 8.90. The summed E-state index contributed by atoms with van der Waals surface area (Å²) in [4.78, 5) is 3.47. The lowest BCUT2D eigenvalue weighted by Gasteiger charge is -2.18. The minimum absolute atomic E-state index is 0.214. The van der Waals surface area contributed by atoms with Gasteiger partial charge in [0.25, 0.3) is 0 Å². The number of hydrogen-bond acceptors (Lipinski definition) is 6. The van der Waals surface area contributed by atoms with Crippen molar-refractivity contribution in [2.75, 3.05) is 26.0 Å². The molecule has 2 aromatic rings. The number of rotatable bonds is 7. The van der Waals surface area contributed by atoms with E-state index in [1.54, 1.807) is 56.0 Å². The van der Waals surface area contributed by atoms with E-state index in [4.69, 9.17) is 4.74 Å². The third-order valence-corrected chi connectivity index (χ3v) is 7.76. The Labute approximate surface area is 172 Å². The molecule has 1 unspecified atom stereocenters. The molecule has 5 nitrogen and oxygen atoms in total. The third kappa shape index (κ3) is 4.40. The first-order valence-electron chi connectivity index (χ1n) is 9.44. The summed E-state index contributed by atoms with van der Waals surface area (Å²) in [6, 6.07) is 12.2. The van der Waals surface area contributed by atoms with E-state index < -0.39 is 16.9 Å². The van der Waals surface area contributed by atoms with Gasteiger partial charge in [0.05, 0.1) is 16.9 Å². The highest BCUT2D eigenvalue weighted by atomic mass is 32.2. The fourth-order valence-electron chi connectivity index (χ4n) is 3.61. The zero-order valence-electron chi connectivity index (χ0n) is 16.5. The van der Waals surface area contributed by atoms with E-state index in [2.05, 4.69) is 0 Å². The molecule has 1 atom stereocenters. The zero-order chi connectivity index (χ0) is 20.3. The molecular formula is C20H26BNO4S2. The summed E-state index contributed by atoms with van der Waals surface area (Å²) in [6.07, 6.45) is 0.906. The monoisotopic (exact) mass is 419 g/mol. The van der Waals surface area contributed by atoms with Crippen molar-refractivity contribution in [2.45, 2.75) is 40.8 Å². The van der Waals surface area contributed by atoms with Gasteiger partial charge in [0, 0.05) is 10.8 Å². The minimum Gasteiger partial charge on any atom is -0.496 e. The van der Waals surface area contributed by atoms with Gasteiger partial charge in [-0.15, -0.1) is 11.8 Å². The topological polar surface area (TPSA) is 66.8 Å². The highest BCUT2D eigenvalue weighted by Gasteiger charge is 2.30. The molecule has 0 aliphatic carbocycles. The molecule has 28 heavy (non-hydrogen) atoms. The molecule has 150 valence electrons. The number of benzene rings is 2. The second-order valence-electron chi connectivity index (χ2n) is 6.93. The van der Waals surface area contributed by atoms with Gasteiger partial charge in [-0.1, -0.05) is 19.1 Å². The van der Waals surface area contributed by atoms with Crippen LogP contribution in [0.15, 0.2) is 57.2 Å². The lowest BCUT2D eigenvalue weighted by atomic mass is 9.85. The zero-order valence-corrected chi connectivity index (χ0v) is 18.1. The van der Waals surface area contributed by atoms with Crippen LogP contribution in [0.25, 0.3) is 0 Å². The number of sulfone groups is 1. The lowest BCUT2D eigenvalue weighted by Crippen LogP contribution is -2.34. The molecule has 1 heterocycles. The van der Waals surface area contributed by atoms with Crippen molar-refractivity contribution < 1.29 is 18.2 Å². The largest absolute Gasteiger partial charge is 0.496 e. The standard InChI is InChI=1S/C20H26BNO4S2/c1-4-27-16-6-5-7-17(12-16)28(24,25)18-8-9-19(20(13-18)26-3)15-10-11-22(14-15)21(2)23/h5-9,12-13,15,23H,4,10-11,14H2,1-3H3. The predicted molar refractivity (Wildman–Crippen MR) is 114 cm³/mol. The van der Waals surface area contributed by atoms with Gasteiger partial charge >= 0.3 is 7.05 Å². The summed E-state index contributed by atoms with van der Waals surface area (Å²) in [5.41, 5.74) is 0.986. The van der Waals surface area contributed by atoms with Gasteiger partial charge in [-0.05, 0) is 68.0 Å². The van der Waals surface area contributed by atoms with Gasteiger partial charge in [0.1, 0.15) is 5.75 Å². The number of nitrogens with zero attached hydrogens (tertiary/aromatic N) is 1. The number of hydrogen-bond donors (Lipinski definition) is 1. The first-order valence-corrected chi connectivity index (χ1v) is 11.9. The van der Waals surface area contributed by atoms with E-state index in [1.807, 2.05) is 23.9 Å². The molecule has 1 N–H and O–H groups in total. The van der Waals surface area contributed by atoms with Gasteiger partial charge < -0.3 is 14.6 Å². The van der Waals surface area contributed by atoms with Crippen molar-refractivity contribution in [1.29, 1.82) is 0 Å². The van der Waals surface area contributed by atoms with Crippen molar-refractivity contribution in [2.24, 2.45) is 0 Å². The first kappa shape index (κ1) is 21.2. The second-order valence-corrected chi connectivity index (χ2v) is 10.2. The molecule has 1 aliphatic rings. The Hall–Kier alpha value is -1.48. The normalized spacial score (nSPS) is 17.6. The fraction of sp³-hybridized carbons (Fsp3) is 0.400. The van der Waals surface area contributed by atoms with Crippen molar-refractivity contribution >= 4 is 28.6 Å². The Bertz CT molecular complexity index is 934. The molecule has 0 aromatic heterocycles. The fourth-order valence-corrected chi connectivity index (χ4v) is 5.72. The highest BCUT2D eigenvalue weighted by molar-refractivity contribution is 7.99. The minimum atomic E-state index is -3.62. The summed E-state index contributed by atoms with van der Waals surface area (Å²) in [5, 5.41) is 9.79. The van der Waals surface area contributed by atoms with Crippen LogP contribution in [0.4, 0.5) is 0 Å². The molecular weight excluding hydrogens is 393 g/mol. The highest BCUT2D eigenvalue weighted by Crippen LogP contribution is 2.36. The maximum absolute atomic E-state index is 13.1. The average Bonchev–Trinajstić information content (AvgIpc) is 3.18. The molecule has 1 saturated heterocycles. The Morgan fingerprint density at radius 2 is 2.00 bits per heavy atom. The molecule has 2 aromatic carbocycles. The Morgan fingerprint density at radius 3 is 2.64 bits per heavy atom. The van der Waals surface area contributed by atoms with Crippen LogP contribution in [0.5, 0.6) is 5.75 Å². The molecule has 8 heteroatoms. The number of thioether (sulfide) groups is 1. The number of methoxy groups -OCH3 is 1. The van der Waals surface area contributed by atoms with Crippen LogP contribution in [-0.4, -0.2) is 51.3 Å². The lowest BCUT2D eigenvalue weighted by molar-refractivity contribution is 0.399. The average molecular weight is 419 g/mol. The Morgan fingerprint density at radius 1 is 1.25 bits per heavy atom. The van der Waals surface area contributed by atoms with Crippen molar-refractivity contribution in [3.8, 4) is 5.75 Å². The summed E-state index contributed by atoms with van der Waals surface area (Å²) in [6.45, 7) is 5.35. The Kier molecular flexibility index (Phi) is 6.75.